The highest BCUT2D eigenvalue weighted by molar-refractivity contribution is 7.05. The van der Waals surface area contributed by atoms with Crippen LogP contribution in [0.2, 0.25) is 0 Å². The molecule has 3 rings (SSSR count). The molecule has 0 radical (unpaired) electrons. The zero-order valence-electron chi connectivity index (χ0n) is 9.09. The van der Waals surface area contributed by atoms with Gasteiger partial charge in [-0.1, -0.05) is 10.6 Å². The Morgan fingerprint density at radius 3 is 3.18 bits per heavy atom. The monoisotopic (exact) mass is 248 g/mol. The summed E-state index contributed by atoms with van der Waals surface area (Å²) < 4.78 is 9.34. The maximum Gasteiger partial charge on any atom is 0.122 e. The molecule has 1 unspecified atom stereocenters. The lowest BCUT2D eigenvalue weighted by molar-refractivity contribution is 0.357. The van der Waals surface area contributed by atoms with Crippen molar-refractivity contribution in [1.82, 2.24) is 15.0 Å². The van der Waals surface area contributed by atoms with Gasteiger partial charge in [-0.25, -0.2) is 5.43 Å². The molecule has 0 amide bonds. The van der Waals surface area contributed by atoms with Crippen molar-refractivity contribution in [1.29, 1.82) is 0 Å². The van der Waals surface area contributed by atoms with Gasteiger partial charge in [0.25, 0.3) is 0 Å². The lowest BCUT2D eigenvalue weighted by Gasteiger charge is -2.14. The third-order valence-electron chi connectivity index (χ3n) is 2.88. The molecule has 1 aromatic carbocycles. The summed E-state index contributed by atoms with van der Waals surface area (Å²) in [4.78, 5) is 1.01. The van der Waals surface area contributed by atoms with Gasteiger partial charge in [0.05, 0.1) is 23.7 Å². The van der Waals surface area contributed by atoms with E-state index in [2.05, 4.69) is 21.1 Å². The van der Waals surface area contributed by atoms with Crippen LogP contribution in [0.3, 0.4) is 0 Å². The molecule has 1 aromatic heterocycles. The summed E-state index contributed by atoms with van der Waals surface area (Å²) in [7, 11) is 0. The van der Waals surface area contributed by atoms with Crippen LogP contribution in [0, 0.1) is 0 Å². The van der Waals surface area contributed by atoms with Crippen LogP contribution in [0.15, 0.2) is 24.4 Å². The molecule has 88 valence electrons. The predicted octanol–water partition coefficient (Wildman–Crippen LogP) is 1.03. The number of nitrogens with zero attached hydrogens (tertiary/aromatic N) is 2. The number of nitrogens with one attached hydrogen (secondary N) is 1. The number of nitrogens with two attached hydrogens (primary N) is 1. The van der Waals surface area contributed by atoms with E-state index < -0.39 is 0 Å². The number of hydrogen-bond donors (Lipinski definition) is 2. The zero-order chi connectivity index (χ0) is 11.7. The van der Waals surface area contributed by atoms with Gasteiger partial charge in [0, 0.05) is 6.42 Å². The number of benzene rings is 1. The third kappa shape index (κ3) is 1.90. The highest BCUT2D eigenvalue weighted by Crippen LogP contribution is 2.30. The molecule has 0 bridgehead atoms. The van der Waals surface area contributed by atoms with Crippen molar-refractivity contribution in [3.63, 3.8) is 0 Å². The van der Waals surface area contributed by atoms with Gasteiger partial charge in [0.2, 0.25) is 0 Å². The Labute approximate surface area is 103 Å². The minimum atomic E-state index is -0.0547. The lowest BCUT2D eigenvalue weighted by Crippen LogP contribution is -2.28. The SMILES string of the molecule is NNC(c1ccc2c(c1)CCO2)c1cnns1. The molecule has 6 heteroatoms. The highest BCUT2D eigenvalue weighted by atomic mass is 32.1. The van der Waals surface area contributed by atoms with Gasteiger partial charge in [-0.15, -0.1) is 5.10 Å². The van der Waals surface area contributed by atoms with Crippen LogP contribution in [0.25, 0.3) is 0 Å². The van der Waals surface area contributed by atoms with Crippen LogP contribution in [-0.2, 0) is 6.42 Å². The Hall–Kier alpha value is -1.50. The van der Waals surface area contributed by atoms with Gasteiger partial charge < -0.3 is 4.74 Å². The fourth-order valence-electron chi connectivity index (χ4n) is 2.03. The Morgan fingerprint density at radius 1 is 1.47 bits per heavy atom. The summed E-state index contributed by atoms with van der Waals surface area (Å²) in [5.74, 6) is 6.59. The average molecular weight is 248 g/mol. The van der Waals surface area contributed by atoms with Gasteiger partial charge >= 0.3 is 0 Å². The summed E-state index contributed by atoms with van der Waals surface area (Å²) in [5.41, 5.74) is 5.15. The largest absolute Gasteiger partial charge is 0.493 e. The van der Waals surface area contributed by atoms with Crippen LogP contribution in [0.5, 0.6) is 5.75 Å². The molecule has 0 aliphatic carbocycles. The number of hydrazine groups is 1. The van der Waals surface area contributed by atoms with E-state index in [1.54, 1.807) is 6.20 Å². The Morgan fingerprint density at radius 2 is 2.41 bits per heavy atom. The first-order chi connectivity index (χ1) is 8.38. The number of fused-ring (bicyclic) bond motifs is 1. The van der Waals surface area contributed by atoms with E-state index in [-0.39, 0.29) is 6.04 Å². The molecule has 1 atom stereocenters. The molecule has 5 nitrogen and oxygen atoms in total. The summed E-state index contributed by atoms with van der Waals surface area (Å²) in [6.07, 6.45) is 2.69. The number of ether oxygens (including phenoxy) is 1. The van der Waals surface area contributed by atoms with Crippen molar-refractivity contribution < 1.29 is 4.74 Å². The van der Waals surface area contributed by atoms with E-state index in [9.17, 15) is 0 Å². The summed E-state index contributed by atoms with van der Waals surface area (Å²) >= 11 is 1.35. The molecule has 3 N–H and O–H groups in total. The Balaban J connectivity index is 1.97. The van der Waals surface area contributed by atoms with Crippen LogP contribution < -0.4 is 16.0 Å². The van der Waals surface area contributed by atoms with Gasteiger partial charge in [-0.2, -0.15) is 0 Å². The van der Waals surface area contributed by atoms with E-state index in [0.29, 0.717) is 0 Å². The fourth-order valence-corrected chi connectivity index (χ4v) is 2.62. The molecule has 0 spiro atoms. The van der Waals surface area contributed by atoms with Crippen molar-refractivity contribution >= 4 is 11.5 Å². The smallest absolute Gasteiger partial charge is 0.122 e. The second-order valence-electron chi connectivity index (χ2n) is 3.89. The topological polar surface area (TPSA) is 73.1 Å². The first kappa shape index (κ1) is 10.6. The van der Waals surface area contributed by atoms with Crippen LogP contribution in [-0.4, -0.2) is 16.2 Å². The maximum absolute atomic E-state index is 5.61. The second kappa shape index (κ2) is 4.40. The maximum atomic E-state index is 5.61. The molecule has 2 heterocycles. The van der Waals surface area contributed by atoms with Crippen molar-refractivity contribution in [3.05, 3.63) is 40.4 Å². The predicted molar refractivity (Wildman–Crippen MR) is 64.7 cm³/mol. The molecule has 17 heavy (non-hydrogen) atoms. The number of rotatable bonds is 3. The Bertz CT molecular complexity index is 514. The molecule has 0 saturated heterocycles. The molecule has 1 aliphatic heterocycles. The summed E-state index contributed by atoms with van der Waals surface area (Å²) in [6, 6.07) is 6.10. The van der Waals surface area contributed by atoms with E-state index in [1.807, 2.05) is 12.1 Å². The highest BCUT2D eigenvalue weighted by Gasteiger charge is 2.18. The molecular formula is C11H12N4OS. The van der Waals surface area contributed by atoms with Crippen molar-refractivity contribution in [2.75, 3.05) is 6.61 Å². The van der Waals surface area contributed by atoms with Crippen molar-refractivity contribution in [3.8, 4) is 5.75 Å². The normalized spacial score (nSPS) is 15.4. The second-order valence-corrected chi connectivity index (χ2v) is 4.70. The molecule has 0 fully saturated rings. The summed E-state index contributed by atoms with van der Waals surface area (Å²) in [5, 5.41) is 3.84. The Kier molecular flexibility index (Phi) is 2.76. The number of aromatic nitrogens is 2. The van der Waals surface area contributed by atoms with Crippen molar-refractivity contribution in [2.45, 2.75) is 12.5 Å². The van der Waals surface area contributed by atoms with Gasteiger partial charge in [-0.05, 0) is 34.8 Å². The van der Waals surface area contributed by atoms with Gasteiger partial charge in [-0.3, -0.25) is 5.84 Å². The number of hydrogen-bond acceptors (Lipinski definition) is 6. The fraction of sp³-hybridized carbons (Fsp3) is 0.273. The first-order valence-corrected chi connectivity index (χ1v) is 6.15. The van der Waals surface area contributed by atoms with Crippen LogP contribution in [0.1, 0.15) is 22.0 Å². The lowest BCUT2D eigenvalue weighted by atomic mass is 10.0. The quantitative estimate of drug-likeness (QED) is 0.627. The van der Waals surface area contributed by atoms with Crippen molar-refractivity contribution in [2.24, 2.45) is 5.84 Å². The minimum absolute atomic E-state index is 0.0547. The van der Waals surface area contributed by atoms with E-state index in [1.165, 1.54) is 17.1 Å². The van der Waals surface area contributed by atoms with E-state index in [0.717, 1.165) is 29.2 Å². The van der Waals surface area contributed by atoms with E-state index >= 15 is 0 Å². The first-order valence-electron chi connectivity index (χ1n) is 5.37. The van der Waals surface area contributed by atoms with E-state index in [4.69, 9.17) is 10.6 Å². The van der Waals surface area contributed by atoms with Gasteiger partial charge in [0.15, 0.2) is 0 Å². The molecule has 0 saturated carbocycles. The van der Waals surface area contributed by atoms with Gasteiger partial charge in [0.1, 0.15) is 5.75 Å². The van der Waals surface area contributed by atoms with Crippen LogP contribution >= 0.6 is 11.5 Å². The standard InChI is InChI=1S/C11H12N4OS/c12-14-11(10-6-13-15-17-10)8-1-2-9-7(5-8)3-4-16-9/h1-2,5-6,11,14H,3-4,12H2. The third-order valence-corrected chi connectivity index (χ3v) is 3.60. The molecule has 2 aromatic rings. The summed E-state index contributed by atoms with van der Waals surface area (Å²) in [6.45, 7) is 0.765. The van der Waals surface area contributed by atoms with Crippen LogP contribution in [0.4, 0.5) is 0 Å². The molecule has 1 aliphatic rings. The minimum Gasteiger partial charge on any atom is -0.493 e. The average Bonchev–Trinajstić information content (AvgIpc) is 2.99. The molecular weight excluding hydrogens is 236 g/mol. The zero-order valence-corrected chi connectivity index (χ0v) is 9.91.